The number of hydrogen-bond donors (Lipinski definition) is 2. The van der Waals surface area contributed by atoms with Gasteiger partial charge in [-0.25, -0.2) is 0 Å². The fourth-order valence-corrected chi connectivity index (χ4v) is 3.88. The predicted molar refractivity (Wildman–Crippen MR) is 89.1 cm³/mol. The SMILES string of the molecule is CC1CC(C(=O)O)CN(C(=O)c2cc3c([nH]c2=O)CCCCC3)C1. The van der Waals surface area contributed by atoms with Crippen molar-refractivity contribution < 1.29 is 14.7 Å². The second kappa shape index (κ2) is 6.79. The van der Waals surface area contributed by atoms with Gasteiger partial charge in [0.25, 0.3) is 11.5 Å². The molecule has 0 aromatic carbocycles. The van der Waals surface area contributed by atoms with Crippen LogP contribution in [0.3, 0.4) is 0 Å². The predicted octanol–water partition coefficient (Wildman–Crippen LogP) is 1.83. The summed E-state index contributed by atoms with van der Waals surface area (Å²) < 4.78 is 0. The summed E-state index contributed by atoms with van der Waals surface area (Å²) in [7, 11) is 0. The highest BCUT2D eigenvalue weighted by atomic mass is 16.4. The number of carboxylic acid groups (broad SMARTS) is 1. The number of amides is 1. The van der Waals surface area contributed by atoms with Gasteiger partial charge in [-0.2, -0.15) is 0 Å². The van der Waals surface area contributed by atoms with Gasteiger partial charge in [0.05, 0.1) is 5.92 Å². The van der Waals surface area contributed by atoms with Crippen molar-refractivity contribution in [3.8, 4) is 0 Å². The van der Waals surface area contributed by atoms with Gasteiger partial charge in [-0.3, -0.25) is 14.4 Å². The van der Waals surface area contributed by atoms with Crippen molar-refractivity contribution in [1.82, 2.24) is 9.88 Å². The Balaban J connectivity index is 1.88. The number of pyridine rings is 1. The summed E-state index contributed by atoms with van der Waals surface area (Å²) in [6, 6.07) is 1.73. The van der Waals surface area contributed by atoms with Crippen LogP contribution in [0.25, 0.3) is 0 Å². The van der Waals surface area contributed by atoms with E-state index in [1.54, 1.807) is 6.07 Å². The van der Waals surface area contributed by atoms with Crippen LogP contribution in [-0.2, 0) is 17.6 Å². The minimum Gasteiger partial charge on any atom is -0.481 e. The van der Waals surface area contributed by atoms with Crippen LogP contribution in [-0.4, -0.2) is 40.0 Å². The van der Waals surface area contributed by atoms with E-state index in [2.05, 4.69) is 4.98 Å². The summed E-state index contributed by atoms with van der Waals surface area (Å²) in [4.78, 5) is 40.9. The zero-order valence-electron chi connectivity index (χ0n) is 14.0. The van der Waals surface area contributed by atoms with E-state index in [4.69, 9.17) is 0 Å². The number of rotatable bonds is 2. The summed E-state index contributed by atoms with van der Waals surface area (Å²) in [5, 5.41) is 9.26. The Kier molecular flexibility index (Phi) is 4.73. The van der Waals surface area contributed by atoms with Crippen molar-refractivity contribution in [3.63, 3.8) is 0 Å². The van der Waals surface area contributed by atoms with Crippen LogP contribution in [0.15, 0.2) is 10.9 Å². The summed E-state index contributed by atoms with van der Waals surface area (Å²) in [5.74, 6) is -1.67. The molecule has 2 atom stereocenters. The van der Waals surface area contributed by atoms with E-state index in [9.17, 15) is 19.5 Å². The average molecular weight is 332 g/mol. The van der Waals surface area contributed by atoms with Gasteiger partial charge >= 0.3 is 5.97 Å². The number of carboxylic acids is 1. The van der Waals surface area contributed by atoms with Crippen molar-refractivity contribution in [2.45, 2.75) is 45.4 Å². The Labute approximate surface area is 140 Å². The maximum Gasteiger partial charge on any atom is 0.308 e. The second-order valence-corrected chi connectivity index (χ2v) is 7.16. The first-order valence-electron chi connectivity index (χ1n) is 8.73. The first-order chi connectivity index (χ1) is 11.5. The zero-order valence-corrected chi connectivity index (χ0v) is 14.0. The molecule has 2 N–H and O–H groups in total. The smallest absolute Gasteiger partial charge is 0.308 e. The summed E-state index contributed by atoms with van der Waals surface area (Å²) >= 11 is 0. The molecule has 2 unspecified atom stereocenters. The quantitative estimate of drug-likeness (QED) is 0.808. The summed E-state index contributed by atoms with van der Waals surface area (Å²) in [6.45, 7) is 2.62. The molecule has 1 saturated heterocycles. The molecule has 1 fully saturated rings. The molecule has 2 heterocycles. The molecule has 2 aliphatic rings. The van der Waals surface area contributed by atoms with Crippen LogP contribution in [0.5, 0.6) is 0 Å². The van der Waals surface area contributed by atoms with Crippen LogP contribution in [0.1, 0.15) is 54.2 Å². The van der Waals surface area contributed by atoms with Gasteiger partial charge in [0.15, 0.2) is 0 Å². The van der Waals surface area contributed by atoms with E-state index in [-0.39, 0.29) is 29.5 Å². The lowest BCUT2D eigenvalue weighted by molar-refractivity contribution is -0.143. The van der Waals surface area contributed by atoms with E-state index >= 15 is 0 Å². The minimum absolute atomic E-state index is 0.115. The van der Waals surface area contributed by atoms with E-state index in [1.165, 1.54) is 4.90 Å². The highest BCUT2D eigenvalue weighted by Gasteiger charge is 2.33. The van der Waals surface area contributed by atoms with Crippen LogP contribution in [0.2, 0.25) is 0 Å². The standard InChI is InChI=1S/C18H24N2O4/c1-11-7-13(18(23)24)10-20(9-11)17(22)14-8-12-5-3-2-4-6-15(12)19-16(14)21/h8,11,13H,2-7,9-10H2,1H3,(H,19,21)(H,23,24). The third kappa shape index (κ3) is 3.37. The van der Waals surface area contributed by atoms with Gasteiger partial charge in [0.2, 0.25) is 0 Å². The van der Waals surface area contributed by atoms with Gasteiger partial charge < -0.3 is 15.0 Å². The normalized spacial score (nSPS) is 24.1. The van der Waals surface area contributed by atoms with Crippen molar-refractivity contribution in [2.24, 2.45) is 11.8 Å². The number of aliphatic carboxylic acids is 1. The van der Waals surface area contributed by atoms with E-state index in [0.717, 1.165) is 43.4 Å². The highest BCUT2D eigenvalue weighted by Crippen LogP contribution is 2.24. The highest BCUT2D eigenvalue weighted by molar-refractivity contribution is 5.94. The number of likely N-dealkylation sites (tertiary alicyclic amines) is 1. The molecule has 130 valence electrons. The fourth-order valence-electron chi connectivity index (χ4n) is 3.88. The number of carbonyl (C=O) groups excluding carboxylic acids is 1. The molecule has 0 radical (unpaired) electrons. The number of aromatic nitrogens is 1. The summed E-state index contributed by atoms with van der Waals surface area (Å²) in [5.41, 5.74) is 1.79. The van der Waals surface area contributed by atoms with Crippen molar-refractivity contribution in [3.05, 3.63) is 33.2 Å². The van der Waals surface area contributed by atoms with Gasteiger partial charge in [-0.15, -0.1) is 0 Å². The molecular formula is C18H24N2O4. The second-order valence-electron chi connectivity index (χ2n) is 7.16. The minimum atomic E-state index is -0.879. The maximum absolute atomic E-state index is 12.8. The Morgan fingerprint density at radius 1 is 1.21 bits per heavy atom. The van der Waals surface area contributed by atoms with Crippen molar-refractivity contribution in [2.75, 3.05) is 13.1 Å². The molecule has 1 amide bonds. The van der Waals surface area contributed by atoms with Crippen LogP contribution in [0.4, 0.5) is 0 Å². The first kappa shape index (κ1) is 16.7. The van der Waals surface area contributed by atoms with Crippen LogP contribution < -0.4 is 5.56 Å². The Bertz CT molecular complexity index is 709. The van der Waals surface area contributed by atoms with E-state index in [0.29, 0.717) is 13.0 Å². The molecule has 0 spiro atoms. The number of carbonyl (C=O) groups is 2. The third-order valence-electron chi connectivity index (χ3n) is 5.11. The molecule has 6 heteroatoms. The largest absolute Gasteiger partial charge is 0.481 e. The lowest BCUT2D eigenvalue weighted by Gasteiger charge is -2.34. The molecular weight excluding hydrogens is 308 g/mol. The monoisotopic (exact) mass is 332 g/mol. The summed E-state index contributed by atoms with van der Waals surface area (Å²) in [6.07, 6.45) is 5.54. The van der Waals surface area contributed by atoms with Crippen molar-refractivity contribution in [1.29, 1.82) is 0 Å². The topological polar surface area (TPSA) is 90.5 Å². The molecule has 0 saturated carbocycles. The number of hydrogen-bond acceptors (Lipinski definition) is 3. The Morgan fingerprint density at radius 3 is 2.71 bits per heavy atom. The molecule has 1 aliphatic carbocycles. The molecule has 3 rings (SSSR count). The van der Waals surface area contributed by atoms with E-state index in [1.807, 2.05) is 6.92 Å². The molecule has 24 heavy (non-hydrogen) atoms. The number of nitrogens with zero attached hydrogens (tertiary/aromatic N) is 1. The fraction of sp³-hybridized carbons (Fsp3) is 0.611. The molecule has 0 bridgehead atoms. The number of fused-ring (bicyclic) bond motifs is 1. The Hall–Kier alpha value is -2.11. The molecule has 6 nitrogen and oxygen atoms in total. The number of piperidine rings is 1. The van der Waals surface area contributed by atoms with E-state index < -0.39 is 11.9 Å². The molecule has 1 aromatic rings. The number of aryl methyl sites for hydroxylation is 2. The molecule has 1 aromatic heterocycles. The van der Waals surface area contributed by atoms with Gasteiger partial charge in [0, 0.05) is 18.8 Å². The van der Waals surface area contributed by atoms with Crippen LogP contribution >= 0.6 is 0 Å². The number of H-pyrrole nitrogens is 1. The molecule has 1 aliphatic heterocycles. The van der Waals surface area contributed by atoms with Gasteiger partial charge in [0.1, 0.15) is 5.56 Å². The lowest BCUT2D eigenvalue weighted by atomic mass is 9.90. The lowest BCUT2D eigenvalue weighted by Crippen LogP contribution is -2.46. The van der Waals surface area contributed by atoms with Gasteiger partial charge in [-0.1, -0.05) is 13.3 Å². The maximum atomic E-state index is 12.8. The zero-order chi connectivity index (χ0) is 17.3. The third-order valence-corrected chi connectivity index (χ3v) is 5.11. The average Bonchev–Trinajstić information content (AvgIpc) is 2.77. The van der Waals surface area contributed by atoms with Gasteiger partial charge in [-0.05, 0) is 49.7 Å². The van der Waals surface area contributed by atoms with Crippen LogP contribution in [0, 0.1) is 11.8 Å². The number of nitrogens with one attached hydrogen (secondary N) is 1. The first-order valence-corrected chi connectivity index (χ1v) is 8.73. The Morgan fingerprint density at radius 2 is 1.96 bits per heavy atom. The van der Waals surface area contributed by atoms with Crippen molar-refractivity contribution >= 4 is 11.9 Å². The number of aromatic amines is 1.